The second kappa shape index (κ2) is 6.79. The molecule has 8 heteroatoms. The molecule has 3 N–H and O–H groups in total. The van der Waals surface area contributed by atoms with Crippen LogP contribution < -0.4 is 10.0 Å². The Bertz CT molecular complexity index is 650. The number of pyridine rings is 1. The van der Waals surface area contributed by atoms with Gasteiger partial charge in [0, 0.05) is 37.1 Å². The topological polar surface area (TPSA) is 99.8 Å². The largest absolute Gasteiger partial charge is 0.310 e. The Hall–Kier alpha value is -1.77. The molecule has 0 saturated heterocycles. The summed E-state index contributed by atoms with van der Waals surface area (Å²) in [5.41, 5.74) is 1.70. The van der Waals surface area contributed by atoms with Crippen LogP contribution in [0.15, 0.2) is 35.7 Å². The smallest absolute Gasteiger partial charge is 0.258 e. The SMILES string of the molecule is CC(C)NCc1ccc(S(=O)(=O)NCc2cn[nH]c2)nc1. The van der Waals surface area contributed by atoms with Gasteiger partial charge in [-0.2, -0.15) is 5.10 Å². The molecule has 0 aromatic carbocycles. The monoisotopic (exact) mass is 309 g/mol. The van der Waals surface area contributed by atoms with Gasteiger partial charge in [0.2, 0.25) is 0 Å². The molecule has 0 fully saturated rings. The van der Waals surface area contributed by atoms with Crippen molar-refractivity contribution in [1.82, 2.24) is 25.2 Å². The van der Waals surface area contributed by atoms with Gasteiger partial charge in [-0.1, -0.05) is 19.9 Å². The molecule has 0 amide bonds. The molecule has 0 saturated carbocycles. The molecule has 7 nitrogen and oxygen atoms in total. The van der Waals surface area contributed by atoms with Crippen molar-refractivity contribution in [3.8, 4) is 0 Å². The van der Waals surface area contributed by atoms with Crippen LogP contribution in [-0.2, 0) is 23.1 Å². The summed E-state index contributed by atoms with van der Waals surface area (Å²) in [7, 11) is -3.61. The van der Waals surface area contributed by atoms with E-state index in [1.807, 2.05) is 13.8 Å². The van der Waals surface area contributed by atoms with E-state index >= 15 is 0 Å². The molecule has 2 heterocycles. The highest BCUT2D eigenvalue weighted by molar-refractivity contribution is 7.89. The molecule has 0 aliphatic rings. The van der Waals surface area contributed by atoms with Crippen molar-refractivity contribution in [3.05, 3.63) is 41.9 Å². The van der Waals surface area contributed by atoms with Crippen LogP contribution in [0, 0.1) is 0 Å². The molecule has 0 aliphatic carbocycles. The minimum Gasteiger partial charge on any atom is -0.310 e. The van der Waals surface area contributed by atoms with Crippen LogP contribution in [0.1, 0.15) is 25.0 Å². The quantitative estimate of drug-likeness (QED) is 0.702. The van der Waals surface area contributed by atoms with Crippen molar-refractivity contribution in [2.24, 2.45) is 0 Å². The Morgan fingerprint density at radius 1 is 1.19 bits per heavy atom. The lowest BCUT2D eigenvalue weighted by Crippen LogP contribution is -2.24. The van der Waals surface area contributed by atoms with Crippen LogP contribution in [0.3, 0.4) is 0 Å². The molecule has 2 rings (SSSR count). The van der Waals surface area contributed by atoms with Crippen molar-refractivity contribution < 1.29 is 8.42 Å². The van der Waals surface area contributed by atoms with Gasteiger partial charge < -0.3 is 5.32 Å². The molecule has 0 bridgehead atoms. The summed E-state index contributed by atoms with van der Waals surface area (Å²) >= 11 is 0. The van der Waals surface area contributed by atoms with Crippen LogP contribution in [0.2, 0.25) is 0 Å². The summed E-state index contributed by atoms with van der Waals surface area (Å²) in [4.78, 5) is 4.01. The zero-order valence-corrected chi connectivity index (χ0v) is 12.8. The number of nitrogens with one attached hydrogen (secondary N) is 3. The molecule has 21 heavy (non-hydrogen) atoms. The van der Waals surface area contributed by atoms with Crippen LogP contribution in [-0.4, -0.2) is 29.6 Å². The first-order valence-corrected chi connectivity index (χ1v) is 8.11. The van der Waals surface area contributed by atoms with E-state index in [2.05, 4.69) is 25.2 Å². The summed E-state index contributed by atoms with van der Waals surface area (Å²) in [5, 5.41) is 9.65. The minimum atomic E-state index is -3.61. The summed E-state index contributed by atoms with van der Waals surface area (Å²) in [5.74, 6) is 0. The van der Waals surface area contributed by atoms with Crippen molar-refractivity contribution in [3.63, 3.8) is 0 Å². The van der Waals surface area contributed by atoms with E-state index in [-0.39, 0.29) is 11.6 Å². The summed E-state index contributed by atoms with van der Waals surface area (Å²) < 4.78 is 26.7. The van der Waals surface area contributed by atoms with Gasteiger partial charge in [0.05, 0.1) is 6.20 Å². The maximum atomic E-state index is 12.1. The number of aromatic nitrogens is 3. The molecule has 114 valence electrons. The van der Waals surface area contributed by atoms with Gasteiger partial charge in [-0.05, 0) is 11.6 Å². The van der Waals surface area contributed by atoms with E-state index in [9.17, 15) is 8.42 Å². The van der Waals surface area contributed by atoms with Crippen molar-refractivity contribution in [2.45, 2.75) is 38.0 Å². The Kier molecular flexibility index (Phi) is 5.05. The normalized spacial score (nSPS) is 12.0. The average molecular weight is 309 g/mol. The summed E-state index contributed by atoms with van der Waals surface area (Å²) in [6.07, 6.45) is 4.77. The highest BCUT2D eigenvalue weighted by atomic mass is 32.2. The van der Waals surface area contributed by atoms with Crippen molar-refractivity contribution in [2.75, 3.05) is 0 Å². The molecule has 0 spiro atoms. The summed E-state index contributed by atoms with van der Waals surface area (Å²) in [6.45, 7) is 4.93. The Morgan fingerprint density at radius 2 is 2.00 bits per heavy atom. The molecule has 2 aromatic rings. The van der Waals surface area contributed by atoms with E-state index in [0.29, 0.717) is 12.6 Å². The Balaban J connectivity index is 1.99. The maximum absolute atomic E-state index is 12.1. The second-order valence-electron chi connectivity index (χ2n) is 4.97. The fraction of sp³-hybridized carbons (Fsp3) is 0.385. The van der Waals surface area contributed by atoms with Crippen LogP contribution >= 0.6 is 0 Å². The van der Waals surface area contributed by atoms with Crippen LogP contribution in [0.5, 0.6) is 0 Å². The number of hydrogen-bond donors (Lipinski definition) is 3. The number of rotatable bonds is 7. The van der Waals surface area contributed by atoms with Gasteiger partial charge in [0.1, 0.15) is 0 Å². The van der Waals surface area contributed by atoms with Gasteiger partial charge in [-0.15, -0.1) is 0 Å². The second-order valence-corrected chi connectivity index (χ2v) is 6.69. The number of nitrogens with zero attached hydrogens (tertiary/aromatic N) is 2. The van der Waals surface area contributed by atoms with E-state index in [1.165, 1.54) is 6.07 Å². The Labute approximate surface area is 124 Å². The number of hydrogen-bond acceptors (Lipinski definition) is 5. The molecular formula is C13H19N5O2S. The molecule has 2 aromatic heterocycles. The lowest BCUT2D eigenvalue weighted by molar-refractivity contribution is 0.575. The lowest BCUT2D eigenvalue weighted by atomic mass is 10.2. The fourth-order valence-electron chi connectivity index (χ4n) is 1.62. The van der Waals surface area contributed by atoms with Gasteiger partial charge in [-0.3, -0.25) is 5.10 Å². The standard InChI is InChI=1S/C13H19N5O2S/c1-10(2)14-5-11-3-4-13(15-6-11)21(19,20)18-9-12-7-16-17-8-12/h3-4,6-8,10,14,18H,5,9H2,1-2H3,(H,16,17). The van der Waals surface area contributed by atoms with Gasteiger partial charge >= 0.3 is 0 Å². The molecule has 0 unspecified atom stereocenters. The molecule has 0 radical (unpaired) electrons. The number of sulfonamides is 1. The fourth-order valence-corrected chi connectivity index (χ4v) is 2.57. The van der Waals surface area contributed by atoms with E-state index in [1.54, 1.807) is 24.7 Å². The maximum Gasteiger partial charge on any atom is 0.258 e. The number of H-pyrrole nitrogens is 1. The predicted octanol–water partition coefficient (Wildman–Crippen LogP) is 0.781. The Morgan fingerprint density at radius 3 is 2.57 bits per heavy atom. The van der Waals surface area contributed by atoms with Gasteiger partial charge in [0.25, 0.3) is 10.0 Å². The van der Waals surface area contributed by atoms with Crippen LogP contribution in [0.25, 0.3) is 0 Å². The molecule has 0 atom stereocenters. The number of aromatic amines is 1. The average Bonchev–Trinajstić information content (AvgIpc) is 2.97. The van der Waals surface area contributed by atoms with Crippen molar-refractivity contribution >= 4 is 10.0 Å². The summed E-state index contributed by atoms with van der Waals surface area (Å²) in [6, 6.07) is 3.63. The third-order valence-electron chi connectivity index (χ3n) is 2.81. The highest BCUT2D eigenvalue weighted by Gasteiger charge is 2.15. The first-order chi connectivity index (χ1) is 9.97. The van der Waals surface area contributed by atoms with E-state index < -0.39 is 10.0 Å². The first-order valence-electron chi connectivity index (χ1n) is 6.63. The minimum absolute atomic E-state index is 0.0132. The van der Waals surface area contributed by atoms with Gasteiger partial charge in [0.15, 0.2) is 5.03 Å². The van der Waals surface area contributed by atoms with E-state index in [0.717, 1.165) is 11.1 Å². The third kappa shape index (κ3) is 4.62. The highest BCUT2D eigenvalue weighted by Crippen LogP contribution is 2.07. The van der Waals surface area contributed by atoms with Gasteiger partial charge in [-0.25, -0.2) is 18.1 Å². The van der Waals surface area contributed by atoms with Crippen LogP contribution in [0.4, 0.5) is 0 Å². The zero-order chi connectivity index (χ0) is 15.3. The predicted molar refractivity (Wildman–Crippen MR) is 78.8 cm³/mol. The third-order valence-corrected chi connectivity index (χ3v) is 4.13. The lowest BCUT2D eigenvalue weighted by Gasteiger charge is -2.09. The van der Waals surface area contributed by atoms with Crippen molar-refractivity contribution in [1.29, 1.82) is 0 Å². The molecular weight excluding hydrogens is 290 g/mol. The first kappa shape index (κ1) is 15.6. The molecule has 0 aliphatic heterocycles. The zero-order valence-electron chi connectivity index (χ0n) is 12.0. The van der Waals surface area contributed by atoms with E-state index in [4.69, 9.17) is 0 Å².